The zero-order valence-corrected chi connectivity index (χ0v) is 23.5. The Labute approximate surface area is 226 Å². The molecule has 0 aliphatic carbocycles. The molecule has 0 unspecified atom stereocenters. The van der Waals surface area contributed by atoms with E-state index >= 15 is 0 Å². The van der Waals surface area contributed by atoms with Crippen LogP contribution in [0, 0.1) is 0 Å². The summed E-state index contributed by atoms with van der Waals surface area (Å²) in [5.74, 6) is 1.53. The lowest BCUT2D eigenvalue weighted by Crippen LogP contribution is -1.97. The average molecular weight is 507 g/mol. The lowest BCUT2D eigenvalue weighted by Gasteiger charge is -2.07. The van der Waals surface area contributed by atoms with Gasteiger partial charge in [-0.05, 0) is 42.3 Å². The molecule has 0 fully saturated rings. The first-order valence-corrected chi connectivity index (χ1v) is 14.8. The summed E-state index contributed by atoms with van der Waals surface area (Å²) in [5, 5.41) is 0. The summed E-state index contributed by atoms with van der Waals surface area (Å²) in [6.07, 6.45) is 25.5. The highest BCUT2D eigenvalue weighted by Crippen LogP contribution is 2.17. The minimum absolute atomic E-state index is 0.0391. The molecular weight excluding hydrogens is 456 g/mol. The highest BCUT2D eigenvalue weighted by atomic mass is 16.5. The summed E-state index contributed by atoms with van der Waals surface area (Å²) in [4.78, 5) is 12.4. The van der Waals surface area contributed by atoms with Gasteiger partial charge in [-0.2, -0.15) is 0 Å². The van der Waals surface area contributed by atoms with Crippen LogP contribution in [0.15, 0.2) is 54.6 Å². The fourth-order valence-electron chi connectivity index (χ4n) is 4.56. The van der Waals surface area contributed by atoms with Gasteiger partial charge in [0, 0.05) is 5.56 Å². The van der Waals surface area contributed by atoms with Crippen molar-refractivity contribution in [3.05, 3.63) is 65.7 Å². The molecule has 0 atom stereocenters. The molecule has 2 aromatic rings. The van der Waals surface area contributed by atoms with E-state index < -0.39 is 0 Å². The van der Waals surface area contributed by atoms with Gasteiger partial charge in [-0.3, -0.25) is 4.79 Å². The van der Waals surface area contributed by atoms with Crippen molar-refractivity contribution in [3.8, 4) is 11.5 Å². The normalized spacial score (nSPS) is 11.2. The molecule has 204 valence electrons. The first-order valence-electron chi connectivity index (χ1n) is 14.8. The van der Waals surface area contributed by atoms with Gasteiger partial charge in [-0.25, -0.2) is 0 Å². The van der Waals surface area contributed by atoms with E-state index in [4.69, 9.17) is 9.47 Å². The molecule has 3 nitrogen and oxygen atoms in total. The molecule has 2 aromatic carbocycles. The Balaban J connectivity index is 1.44. The molecule has 0 aliphatic heterocycles. The summed E-state index contributed by atoms with van der Waals surface area (Å²) >= 11 is 0. The summed E-state index contributed by atoms with van der Waals surface area (Å²) in [5.41, 5.74) is 1.60. The fourth-order valence-corrected chi connectivity index (χ4v) is 4.56. The van der Waals surface area contributed by atoms with E-state index in [9.17, 15) is 4.79 Å². The van der Waals surface area contributed by atoms with E-state index in [1.165, 1.54) is 96.3 Å². The molecule has 37 heavy (non-hydrogen) atoms. The molecule has 0 saturated carbocycles. The van der Waals surface area contributed by atoms with Crippen LogP contribution >= 0.6 is 0 Å². The number of carbonyl (C=O) groups excluding carboxylic acids is 1. The third-order valence-electron chi connectivity index (χ3n) is 6.93. The van der Waals surface area contributed by atoms with Crippen LogP contribution in [0.4, 0.5) is 0 Å². The highest BCUT2D eigenvalue weighted by molar-refractivity contribution is 6.07. The van der Waals surface area contributed by atoms with Crippen LogP contribution in [-0.2, 0) is 0 Å². The number of allylic oxidation sites excluding steroid dienone is 1. The largest absolute Gasteiger partial charge is 0.497 e. The quantitative estimate of drug-likeness (QED) is 0.0905. The fraction of sp³-hybridized carbons (Fsp3) is 0.559. The van der Waals surface area contributed by atoms with Gasteiger partial charge in [-0.15, -0.1) is 0 Å². The van der Waals surface area contributed by atoms with Gasteiger partial charge >= 0.3 is 0 Å². The Morgan fingerprint density at radius 3 is 1.76 bits per heavy atom. The van der Waals surface area contributed by atoms with E-state index in [2.05, 4.69) is 6.92 Å². The lowest BCUT2D eigenvalue weighted by molar-refractivity contribution is 0.104. The van der Waals surface area contributed by atoms with Crippen molar-refractivity contribution in [1.82, 2.24) is 0 Å². The highest BCUT2D eigenvalue weighted by Gasteiger charge is 2.03. The van der Waals surface area contributed by atoms with Crippen LogP contribution in [0.1, 0.15) is 126 Å². The maximum atomic E-state index is 12.4. The Kier molecular flexibility index (Phi) is 17.0. The van der Waals surface area contributed by atoms with Crippen molar-refractivity contribution in [1.29, 1.82) is 0 Å². The molecule has 0 bridgehead atoms. The number of ether oxygens (including phenoxy) is 2. The van der Waals surface area contributed by atoms with Crippen LogP contribution in [-0.4, -0.2) is 19.5 Å². The van der Waals surface area contributed by atoms with E-state index in [-0.39, 0.29) is 5.78 Å². The van der Waals surface area contributed by atoms with E-state index in [0.29, 0.717) is 11.3 Å². The van der Waals surface area contributed by atoms with Gasteiger partial charge < -0.3 is 9.47 Å². The zero-order valence-electron chi connectivity index (χ0n) is 23.5. The predicted molar refractivity (Wildman–Crippen MR) is 158 cm³/mol. The molecular formula is C34H50O3. The Morgan fingerprint density at radius 1 is 0.676 bits per heavy atom. The number of benzene rings is 2. The topological polar surface area (TPSA) is 35.5 Å². The molecule has 0 amide bonds. The molecule has 0 radical (unpaired) electrons. The van der Waals surface area contributed by atoms with Crippen molar-refractivity contribution >= 4 is 11.9 Å². The Hall–Kier alpha value is -2.55. The van der Waals surface area contributed by atoms with Crippen LogP contribution in [0.5, 0.6) is 11.5 Å². The monoisotopic (exact) mass is 506 g/mol. The number of ketones is 1. The van der Waals surface area contributed by atoms with E-state index in [0.717, 1.165) is 24.3 Å². The van der Waals surface area contributed by atoms with Crippen LogP contribution in [0.2, 0.25) is 0 Å². The van der Waals surface area contributed by atoms with Crippen molar-refractivity contribution in [2.75, 3.05) is 13.7 Å². The smallest absolute Gasteiger partial charge is 0.185 e. The molecule has 0 saturated heterocycles. The first kappa shape index (κ1) is 30.7. The van der Waals surface area contributed by atoms with Crippen LogP contribution < -0.4 is 9.47 Å². The average Bonchev–Trinajstić information content (AvgIpc) is 2.94. The van der Waals surface area contributed by atoms with Crippen molar-refractivity contribution in [3.63, 3.8) is 0 Å². The SMILES string of the molecule is CCCCCCCCCCCCCCCCCCOc1ccc(C=CC(=O)c2cccc(OC)c2)cc1. The van der Waals surface area contributed by atoms with Crippen molar-refractivity contribution in [2.45, 2.75) is 110 Å². The third kappa shape index (κ3) is 14.7. The van der Waals surface area contributed by atoms with Crippen LogP contribution in [0.3, 0.4) is 0 Å². The van der Waals surface area contributed by atoms with Gasteiger partial charge in [0.1, 0.15) is 11.5 Å². The zero-order chi connectivity index (χ0) is 26.4. The molecule has 0 N–H and O–H groups in total. The second-order valence-electron chi connectivity index (χ2n) is 10.2. The number of unbranched alkanes of at least 4 members (excludes halogenated alkanes) is 15. The molecule has 0 aromatic heterocycles. The second-order valence-corrected chi connectivity index (χ2v) is 10.2. The van der Waals surface area contributed by atoms with Gasteiger partial charge in [0.05, 0.1) is 13.7 Å². The first-order chi connectivity index (χ1) is 18.2. The van der Waals surface area contributed by atoms with E-state index in [1.54, 1.807) is 25.3 Å². The number of carbonyl (C=O) groups is 1. The summed E-state index contributed by atoms with van der Waals surface area (Å²) in [6, 6.07) is 15.1. The number of methoxy groups -OCH3 is 1. The molecule has 3 heteroatoms. The molecule has 0 spiro atoms. The Morgan fingerprint density at radius 2 is 1.22 bits per heavy atom. The molecule has 2 rings (SSSR count). The number of hydrogen-bond acceptors (Lipinski definition) is 3. The number of hydrogen-bond donors (Lipinski definition) is 0. The predicted octanol–water partition coefficient (Wildman–Crippen LogP) is 10.2. The maximum absolute atomic E-state index is 12.4. The minimum Gasteiger partial charge on any atom is -0.497 e. The summed E-state index contributed by atoms with van der Waals surface area (Å²) < 4.78 is 11.1. The summed E-state index contributed by atoms with van der Waals surface area (Å²) in [6.45, 7) is 3.05. The third-order valence-corrected chi connectivity index (χ3v) is 6.93. The Bertz CT molecular complexity index is 869. The maximum Gasteiger partial charge on any atom is 0.185 e. The van der Waals surface area contributed by atoms with Gasteiger partial charge in [0.2, 0.25) is 0 Å². The minimum atomic E-state index is -0.0391. The lowest BCUT2D eigenvalue weighted by atomic mass is 10.0. The molecule has 0 heterocycles. The van der Waals surface area contributed by atoms with Gasteiger partial charge in [0.25, 0.3) is 0 Å². The van der Waals surface area contributed by atoms with Gasteiger partial charge in [0.15, 0.2) is 5.78 Å². The summed E-state index contributed by atoms with van der Waals surface area (Å²) in [7, 11) is 1.60. The van der Waals surface area contributed by atoms with E-state index in [1.807, 2.05) is 42.5 Å². The van der Waals surface area contributed by atoms with Crippen molar-refractivity contribution < 1.29 is 14.3 Å². The van der Waals surface area contributed by atoms with Crippen molar-refractivity contribution in [2.24, 2.45) is 0 Å². The van der Waals surface area contributed by atoms with Gasteiger partial charge in [-0.1, -0.05) is 134 Å². The standard InChI is InChI=1S/C34H50O3/c1-3-4-5-6-7-8-9-10-11-12-13-14-15-16-17-18-28-37-32-25-22-30(23-26-32)24-27-34(35)31-20-19-21-33(29-31)36-2/h19-27,29H,3-18,28H2,1-2H3. The van der Waals surface area contributed by atoms with Crippen LogP contribution in [0.25, 0.3) is 6.08 Å². The molecule has 0 aliphatic rings. The second kappa shape index (κ2) is 20.5. The number of rotatable bonds is 22.